The summed E-state index contributed by atoms with van der Waals surface area (Å²) < 4.78 is 7.59. The number of nitriles is 1. The molecule has 0 saturated carbocycles. The fourth-order valence-electron chi connectivity index (χ4n) is 4.28. The molecule has 5 nitrogen and oxygen atoms in total. The number of ether oxygens (including phenoxy) is 1. The van der Waals surface area contributed by atoms with Gasteiger partial charge in [0, 0.05) is 11.5 Å². The Kier molecular flexibility index (Phi) is 7.39. The molecular formula is C29H29N3O2. The Morgan fingerprint density at radius 3 is 2.59 bits per heavy atom. The highest BCUT2D eigenvalue weighted by molar-refractivity contribution is 5.70. The Morgan fingerprint density at radius 1 is 1.12 bits per heavy atom. The van der Waals surface area contributed by atoms with Gasteiger partial charge in [0.25, 0.3) is 11.6 Å². The molecule has 0 radical (unpaired) electrons. The minimum absolute atomic E-state index is 0.0243. The average molecular weight is 452 g/mol. The molecule has 1 aliphatic rings. The molecule has 0 amide bonds. The molecule has 1 aliphatic carbocycles. The van der Waals surface area contributed by atoms with Crippen LogP contribution in [0.4, 0.5) is 0 Å². The van der Waals surface area contributed by atoms with Crippen LogP contribution in [0.25, 0.3) is 11.1 Å². The van der Waals surface area contributed by atoms with E-state index in [1.165, 1.54) is 0 Å². The van der Waals surface area contributed by atoms with E-state index in [4.69, 9.17) is 9.72 Å². The highest BCUT2D eigenvalue weighted by Crippen LogP contribution is 2.27. The molecule has 1 aromatic heterocycles. The number of aromatic nitrogens is 2. The summed E-state index contributed by atoms with van der Waals surface area (Å²) in [6, 6.07) is 18.2. The molecule has 3 aromatic rings. The normalized spacial score (nSPS) is 14.7. The van der Waals surface area contributed by atoms with E-state index < -0.39 is 0 Å². The Labute approximate surface area is 200 Å². The van der Waals surface area contributed by atoms with Gasteiger partial charge in [-0.3, -0.25) is 9.36 Å². The first-order chi connectivity index (χ1) is 16.7. The second kappa shape index (κ2) is 10.8. The molecule has 172 valence electrons. The van der Waals surface area contributed by atoms with Gasteiger partial charge in [-0.25, -0.2) is 4.98 Å². The molecular weight excluding hydrogens is 422 g/mol. The number of hydrogen-bond donors (Lipinski definition) is 0. The molecule has 0 spiro atoms. The lowest BCUT2D eigenvalue weighted by molar-refractivity contribution is 0.272. The van der Waals surface area contributed by atoms with E-state index in [0.717, 1.165) is 40.8 Å². The van der Waals surface area contributed by atoms with E-state index in [1.54, 1.807) is 4.57 Å². The highest BCUT2D eigenvalue weighted by Gasteiger charge is 2.22. The predicted octanol–water partition coefficient (Wildman–Crippen LogP) is 5.78. The van der Waals surface area contributed by atoms with E-state index in [0.29, 0.717) is 31.1 Å². The zero-order chi connectivity index (χ0) is 23.9. The third-order valence-corrected chi connectivity index (χ3v) is 6.02. The summed E-state index contributed by atoms with van der Waals surface area (Å²) in [5, 5.41) is 9.42. The van der Waals surface area contributed by atoms with Crippen LogP contribution in [0.5, 0.6) is 6.01 Å². The number of allylic oxidation sites excluding steroid dienone is 4. The zero-order valence-electron chi connectivity index (χ0n) is 19.7. The van der Waals surface area contributed by atoms with E-state index in [2.05, 4.69) is 18.2 Å². The van der Waals surface area contributed by atoms with Gasteiger partial charge in [0.1, 0.15) is 0 Å². The number of hydrogen-bond acceptors (Lipinski definition) is 4. The molecule has 5 heteroatoms. The van der Waals surface area contributed by atoms with Crippen LogP contribution in [0.15, 0.2) is 77.6 Å². The first kappa shape index (κ1) is 23.3. The largest absolute Gasteiger partial charge is 0.465 e. The van der Waals surface area contributed by atoms with Crippen molar-refractivity contribution >= 4 is 0 Å². The summed E-state index contributed by atoms with van der Waals surface area (Å²) in [4.78, 5) is 18.6. The van der Waals surface area contributed by atoms with Crippen molar-refractivity contribution in [3.05, 3.63) is 106 Å². The van der Waals surface area contributed by atoms with Gasteiger partial charge in [0.15, 0.2) is 0 Å². The second-order valence-electron chi connectivity index (χ2n) is 8.36. The number of nitrogens with zero attached hydrogens (tertiary/aromatic N) is 3. The quantitative estimate of drug-likeness (QED) is 0.435. The SMILES string of the molecule is CCCOc1nc(CC)c(C2C=CC=CC2)c(=O)n1Cc1ccc(-c2ccccc2C#N)cc1. The van der Waals surface area contributed by atoms with Crippen molar-refractivity contribution in [3.8, 4) is 23.2 Å². The van der Waals surface area contributed by atoms with Crippen molar-refractivity contribution in [1.82, 2.24) is 9.55 Å². The van der Waals surface area contributed by atoms with Crippen molar-refractivity contribution in [1.29, 1.82) is 5.26 Å². The fourth-order valence-corrected chi connectivity index (χ4v) is 4.28. The first-order valence-electron chi connectivity index (χ1n) is 11.8. The number of rotatable bonds is 8. The van der Waals surface area contributed by atoms with E-state index >= 15 is 0 Å². The van der Waals surface area contributed by atoms with Crippen LogP contribution in [0.1, 0.15) is 55.0 Å². The molecule has 34 heavy (non-hydrogen) atoms. The summed E-state index contributed by atoms with van der Waals surface area (Å²) >= 11 is 0. The van der Waals surface area contributed by atoms with Crippen molar-refractivity contribution in [2.75, 3.05) is 6.61 Å². The fraction of sp³-hybridized carbons (Fsp3) is 0.276. The van der Waals surface area contributed by atoms with Gasteiger partial charge in [-0.05, 0) is 42.0 Å². The van der Waals surface area contributed by atoms with Crippen LogP contribution in [-0.2, 0) is 13.0 Å². The monoisotopic (exact) mass is 451 g/mol. The minimum atomic E-state index is -0.0400. The Bertz CT molecular complexity index is 1310. The van der Waals surface area contributed by atoms with Gasteiger partial charge in [0.05, 0.1) is 30.5 Å². The van der Waals surface area contributed by atoms with Crippen LogP contribution in [0.2, 0.25) is 0 Å². The summed E-state index contributed by atoms with van der Waals surface area (Å²) in [5.74, 6) is 0.0243. The second-order valence-corrected chi connectivity index (χ2v) is 8.36. The Hall–Kier alpha value is -3.91. The van der Waals surface area contributed by atoms with Crippen LogP contribution in [-0.4, -0.2) is 16.2 Å². The molecule has 1 heterocycles. The lowest BCUT2D eigenvalue weighted by atomic mass is 9.91. The molecule has 1 unspecified atom stereocenters. The molecule has 0 aliphatic heterocycles. The van der Waals surface area contributed by atoms with Crippen molar-refractivity contribution in [2.45, 2.75) is 45.6 Å². The molecule has 4 rings (SSSR count). The molecule has 0 N–H and O–H groups in total. The Balaban J connectivity index is 1.72. The number of benzene rings is 2. The van der Waals surface area contributed by atoms with Crippen molar-refractivity contribution < 1.29 is 4.74 Å². The van der Waals surface area contributed by atoms with E-state index in [1.807, 2.05) is 74.5 Å². The lowest BCUT2D eigenvalue weighted by Crippen LogP contribution is -2.30. The topological polar surface area (TPSA) is 67.9 Å². The maximum Gasteiger partial charge on any atom is 0.299 e. The summed E-state index contributed by atoms with van der Waals surface area (Å²) in [6.07, 6.45) is 10.5. The van der Waals surface area contributed by atoms with Gasteiger partial charge in [-0.15, -0.1) is 0 Å². The van der Waals surface area contributed by atoms with Gasteiger partial charge in [-0.2, -0.15) is 5.26 Å². The van der Waals surface area contributed by atoms with Crippen molar-refractivity contribution in [3.63, 3.8) is 0 Å². The maximum atomic E-state index is 13.8. The molecule has 0 saturated heterocycles. The van der Waals surface area contributed by atoms with Gasteiger partial charge in [0.2, 0.25) is 0 Å². The Morgan fingerprint density at radius 2 is 1.91 bits per heavy atom. The van der Waals surface area contributed by atoms with E-state index in [-0.39, 0.29) is 11.5 Å². The van der Waals surface area contributed by atoms with E-state index in [9.17, 15) is 10.1 Å². The standard InChI is InChI=1S/C29H29N3O2/c1-3-18-34-29-31-26(4-2)27(23-10-6-5-7-11-23)28(33)32(29)20-21-14-16-22(17-15-21)25-13-9-8-12-24(25)19-30/h5-10,12-17,23H,3-4,11,18,20H2,1-2H3. The third kappa shape index (κ3) is 4.87. The zero-order valence-corrected chi connectivity index (χ0v) is 19.7. The average Bonchev–Trinajstić information content (AvgIpc) is 2.89. The van der Waals surface area contributed by atoms with Crippen molar-refractivity contribution in [2.24, 2.45) is 0 Å². The summed E-state index contributed by atoms with van der Waals surface area (Å²) in [7, 11) is 0. The predicted molar refractivity (Wildman–Crippen MR) is 135 cm³/mol. The summed E-state index contributed by atoms with van der Waals surface area (Å²) in [5.41, 5.74) is 5.00. The minimum Gasteiger partial charge on any atom is -0.465 e. The number of aryl methyl sites for hydroxylation is 1. The summed E-state index contributed by atoms with van der Waals surface area (Å²) in [6.45, 7) is 4.94. The van der Waals surface area contributed by atoms with Crippen LogP contribution in [0, 0.1) is 11.3 Å². The van der Waals surface area contributed by atoms with Crippen LogP contribution in [0.3, 0.4) is 0 Å². The highest BCUT2D eigenvalue weighted by atomic mass is 16.5. The van der Waals surface area contributed by atoms with Gasteiger partial charge >= 0.3 is 0 Å². The van der Waals surface area contributed by atoms with Gasteiger partial charge in [-0.1, -0.05) is 80.6 Å². The lowest BCUT2D eigenvalue weighted by Gasteiger charge is -2.20. The molecule has 1 atom stereocenters. The molecule has 2 aromatic carbocycles. The van der Waals surface area contributed by atoms with Crippen LogP contribution >= 0.6 is 0 Å². The smallest absolute Gasteiger partial charge is 0.299 e. The van der Waals surface area contributed by atoms with Crippen LogP contribution < -0.4 is 10.3 Å². The molecule has 0 bridgehead atoms. The third-order valence-electron chi connectivity index (χ3n) is 6.02. The maximum absolute atomic E-state index is 13.8. The van der Waals surface area contributed by atoms with Gasteiger partial charge < -0.3 is 4.74 Å². The first-order valence-corrected chi connectivity index (χ1v) is 11.8. The molecule has 0 fully saturated rings.